The third-order valence-electron chi connectivity index (χ3n) is 2.28. The van der Waals surface area contributed by atoms with Gasteiger partial charge in [0.2, 0.25) is 0 Å². The van der Waals surface area contributed by atoms with E-state index >= 15 is 0 Å². The zero-order valence-electron chi connectivity index (χ0n) is 8.95. The second-order valence-electron chi connectivity index (χ2n) is 3.53. The number of halogens is 2. The number of anilines is 2. The SMILES string of the molecule is Nc1cc(Cl)c(F)cc1NCc1ccccn1. The monoisotopic (exact) mass is 251 g/mol. The molecule has 2 rings (SSSR count). The Bertz CT molecular complexity index is 517. The van der Waals surface area contributed by atoms with E-state index in [-0.39, 0.29) is 5.02 Å². The number of pyridine rings is 1. The van der Waals surface area contributed by atoms with E-state index in [4.69, 9.17) is 17.3 Å². The van der Waals surface area contributed by atoms with Crippen molar-refractivity contribution >= 4 is 23.0 Å². The van der Waals surface area contributed by atoms with Gasteiger partial charge in [0, 0.05) is 12.3 Å². The normalized spacial score (nSPS) is 10.2. The first kappa shape index (κ1) is 11.7. The largest absolute Gasteiger partial charge is 0.397 e. The first-order valence-corrected chi connectivity index (χ1v) is 5.43. The number of nitrogen functional groups attached to an aromatic ring is 1. The first-order valence-electron chi connectivity index (χ1n) is 5.05. The van der Waals surface area contributed by atoms with Crippen LogP contribution in [0.2, 0.25) is 5.02 Å². The Kier molecular flexibility index (Phi) is 3.44. The van der Waals surface area contributed by atoms with Gasteiger partial charge in [-0.05, 0) is 18.2 Å². The highest BCUT2D eigenvalue weighted by Gasteiger charge is 2.06. The van der Waals surface area contributed by atoms with Crippen LogP contribution in [0.15, 0.2) is 36.5 Å². The predicted octanol–water partition coefficient (Wildman–Crippen LogP) is 3.07. The molecule has 0 saturated carbocycles. The summed E-state index contributed by atoms with van der Waals surface area (Å²) in [6, 6.07) is 8.25. The van der Waals surface area contributed by atoms with Gasteiger partial charge in [-0.25, -0.2) is 4.39 Å². The fraction of sp³-hybridized carbons (Fsp3) is 0.0833. The van der Waals surface area contributed by atoms with Crippen LogP contribution in [-0.2, 0) is 6.54 Å². The van der Waals surface area contributed by atoms with Crippen molar-refractivity contribution in [1.29, 1.82) is 0 Å². The van der Waals surface area contributed by atoms with Crippen molar-refractivity contribution in [2.45, 2.75) is 6.54 Å². The molecular formula is C12H11ClFN3. The molecule has 5 heteroatoms. The fourth-order valence-electron chi connectivity index (χ4n) is 1.40. The summed E-state index contributed by atoms with van der Waals surface area (Å²) in [7, 11) is 0. The molecule has 17 heavy (non-hydrogen) atoms. The van der Waals surface area contributed by atoms with Crippen LogP contribution in [0, 0.1) is 5.82 Å². The number of rotatable bonds is 3. The molecule has 2 aromatic rings. The smallest absolute Gasteiger partial charge is 0.143 e. The van der Waals surface area contributed by atoms with Gasteiger partial charge in [0.1, 0.15) is 5.82 Å². The zero-order valence-corrected chi connectivity index (χ0v) is 9.71. The Hall–Kier alpha value is -1.81. The number of benzene rings is 1. The molecule has 0 bridgehead atoms. The molecule has 0 atom stereocenters. The molecule has 88 valence electrons. The molecule has 1 aromatic heterocycles. The Morgan fingerprint density at radius 3 is 2.88 bits per heavy atom. The topological polar surface area (TPSA) is 50.9 Å². The van der Waals surface area contributed by atoms with Gasteiger partial charge in [-0.15, -0.1) is 0 Å². The number of nitrogens with one attached hydrogen (secondary N) is 1. The number of nitrogens with two attached hydrogens (primary N) is 1. The summed E-state index contributed by atoms with van der Waals surface area (Å²) in [6.45, 7) is 0.478. The van der Waals surface area contributed by atoms with E-state index in [2.05, 4.69) is 10.3 Å². The average molecular weight is 252 g/mol. The van der Waals surface area contributed by atoms with E-state index < -0.39 is 5.82 Å². The van der Waals surface area contributed by atoms with Gasteiger partial charge in [-0.3, -0.25) is 4.98 Å². The Morgan fingerprint density at radius 2 is 2.18 bits per heavy atom. The number of hydrogen-bond donors (Lipinski definition) is 2. The molecule has 0 amide bonds. The molecule has 1 aromatic carbocycles. The minimum Gasteiger partial charge on any atom is -0.397 e. The molecule has 0 aliphatic carbocycles. The maximum atomic E-state index is 13.2. The highest BCUT2D eigenvalue weighted by molar-refractivity contribution is 6.31. The summed E-state index contributed by atoms with van der Waals surface area (Å²) in [5, 5.41) is 3.03. The van der Waals surface area contributed by atoms with E-state index in [9.17, 15) is 4.39 Å². The van der Waals surface area contributed by atoms with Gasteiger partial charge >= 0.3 is 0 Å². The van der Waals surface area contributed by atoms with Crippen molar-refractivity contribution in [1.82, 2.24) is 4.98 Å². The summed E-state index contributed by atoms with van der Waals surface area (Å²) < 4.78 is 13.2. The molecule has 0 aliphatic heterocycles. The molecular weight excluding hydrogens is 241 g/mol. The van der Waals surface area contributed by atoms with Crippen LogP contribution in [-0.4, -0.2) is 4.98 Å². The van der Waals surface area contributed by atoms with Crippen molar-refractivity contribution in [2.24, 2.45) is 0 Å². The van der Waals surface area contributed by atoms with Crippen molar-refractivity contribution in [3.05, 3.63) is 53.1 Å². The Balaban J connectivity index is 2.12. The third-order valence-corrected chi connectivity index (χ3v) is 2.57. The lowest BCUT2D eigenvalue weighted by atomic mass is 10.2. The lowest BCUT2D eigenvalue weighted by molar-refractivity contribution is 0.629. The molecule has 1 heterocycles. The highest BCUT2D eigenvalue weighted by atomic mass is 35.5. The summed E-state index contributed by atoms with van der Waals surface area (Å²) in [6.07, 6.45) is 1.70. The van der Waals surface area contributed by atoms with Crippen LogP contribution in [0.1, 0.15) is 5.69 Å². The fourth-order valence-corrected chi connectivity index (χ4v) is 1.58. The van der Waals surface area contributed by atoms with Crippen LogP contribution in [0.3, 0.4) is 0 Å². The van der Waals surface area contributed by atoms with E-state index in [1.165, 1.54) is 12.1 Å². The molecule has 0 radical (unpaired) electrons. The van der Waals surface area contributed by atoms with Gasteiger partial charge in [0.25, 0.3) is 0 Å². The van der Waals surface area contributed by atoms with Crippen molar-refractivity contribution in [3.8, 4) is 0 Å². The van der Waals surface area contributed by atoms with E-state index in [0.717, 1.165) is 5.69 Å². The molecule has 0 unspecified atom stereocenters. The minimum atomic E-state index is -0.496. The molecule has 0 aliphatic rings. The second kappa shape index (κ2) is 5.01. The van der Waals surface area contributed by atoms with E-state index in [0.29, 0.717) is 17.9 Å². The maximum absolute atomic E-state index is 13.2. The van der Waals surface area contributed by atoms with Crippen LogP contribution in [0.5, 0.6) is 0 Å². The van der Waals surface area contributed by atoms with E-state index in [1.807, 2.05) is 18.2 Å². The van der Waals surface area contributed by atoms with Crippen LogP contribution in [0.4, 0.5) is 15.8 Å². The van der Waals surface area contributed by atoms with Crippen LogP contribution < -0.4 is 11.1 Å². The van der Waals surface area contributed by atoms with Crippen molar-refractivity contribution in [2.75, 3.05) is 11.1 Å². The van der Waals surface area contributed by atoms with Gasteiger partial charge in [0.05, 0.1) is 28.6 Å². The molecule has 0 spiro atoms. The lowest BCUT2D eigenvalue weighted by Crippen LogP contribution is -2.04. The lowest BCUT2D eigenvalue weighted by Gasteiger charge is -2.09. The molecule has 0 saturated heterocycles. The summed E-state index contributed by atoms with van der Waals surface area (Å²) in [5.41, 5.74) is 7.49. The standard InChI is InChI=1S/C12H11ClFN3/c13-9-5-11(15)12(6-10(9)14)17-7-8-3-1-2-4-16-8/h1-6,17H,7,15H2. The average Bonchev–Trinajstić information content (AvgIpc) is 2.33. The highest BCUT2D eigenvalue weighted by Crippen LogP contribution is 2.26. The predicted molar refractivity (Wildman–Crippen MR) is 67.4 cm³/mol. The number of hydrogen-bond acceptors (Lipinski definition) is 3. The molecule has 3 N–H and O–H groups in total. The van der Waals surface area contributed by atoms with Gasteiger partial charge < -0.3 is 11.1 Å². The van der Waals surface area contributed by atoms with Gasteiger partial charge in [0.15, 0.2) is 0 Å². The number of aromatic nitrogens is 1. The molecule has 3 nitrogen and oxygen atoms in total. The Labute approximate surface area is 103 Å². The van der Waals surface area contributed by atoms with Crippen LogP contribution in [0.25, 0.3) is 0 Å². The third kappa shape index (κ3) is 2.85. The second-order valence-corrected chi connectivity index (χ2v) is 3.94. The summed E-state index contributed by atoms with van der Waals surface area (Å²) in [5.74, 6) is -0.496. The van der Waals surface area contributed by atoms with Crippen LogP contribution >= 0.6 is 11.6 Å². The van der Waals surface area contributed by atoms with Gasteiger partial charge in [-0.2, -0.15) is 0 Å². The number of nitrogens with zero attached hydrogens (tertiary/aromatic N) is 1. The summed E-state index contributed by atoms with van der Waals surface area (Å²) >= 11 is 5.61. The Morgan fingerprint density at radius 1 is 1.35 bits per heavy atom. The van der Waals surface area contributed by atoms with Crippen molar-refractivity contribution < 1.29 is 4.39 Å². The first-order chi connectivity index (χ1) is 8.16. The maximum Gasteiger partial charge on any atom is 0.143 e. The summed E-state index contributed by atoms with van der Waals surface area (Å²) in [4.78, 5) is 4.14. The van der Waals surface area contributed by atoms with Gasteiger partial charge in [-0.1, -0.05) is 17.7 Å². The van der Waals surface area contributed by atoms with Crippen molar-refractivity contribution in [3.63, 3.8) is 0 Å². The molecule has 0 fully saturated rings. The quantitative estimate of drug-likeness (QED) is 0.825. The zero-order chi connectivity index (χ0) is 12.3. The minimum absolute atomic E-state index is 0.0193. The van der Waals surface area contributed by atoms with E-state index in [1.54, 1.807) is 6.20 Å².